The first kappa shape index (κ1) is 10.3. The van der Waals surface area contributed by atoms with Crippen LogP contribution in [0.2, 0.25) is 0 Å². The lowest BCUT2D eigenvalue weighted by atomic mass is 10.2. The number of halogens is 1. The van der Waals surface area contributed by atoms with Crippen LogP contribution in [0.5, 0.6) is 5.75 Å². The Morgan fingerprint density at radius 2 is 2.20 bits per heavy atom. The molecule has 1 aliphatic rings. The van der Waals surface area contributed by atoms with Crippen molar-refractivity contribution < 1.29 is 9.53 Å². The van der Waals surface area contributed by atoms with Crippen molar-refractivity contribution >= 4 is 23.2 Å². The molecule has 0 radical (unpaired) electrons. The van der Waals surface area contributed by atoms with E-state index in [-0.39, 0.29) is 5.91 Å². The molecule has 1 heterocycles. The highest BCUT2D eigenvalue weighted by Gasteiger charge is 2.30. The zero-order valence-corrected chi connectivity index (χ0v) is 9.20. The minimum Gasteiger partial charge on any atom is -0.479 e. The zero-order chi connectivity index (χ0) is 10.8. The van der Waals surface area contributed by atoms with Gasteiger partial charge in [0.15, 0.2) is 6.10 Å². The normalized spacial score (nSPS) is 19.7. The summed E-state index contributed by atoms with van der Waals surface area (Å²) in [7, 11) is 0. The molecule has 1 aliphatic heterocycles. The SMILES string of the molecule is C[C@@H]1Oc2ccccc2N(CCCl)C1=O. The van der Waals surface area contributed by atoms with Gasteiger partial charge in [-0.15, -0.1) is 11.6 Å². The van der Waals surface area contributed by atoms with Crippen LogP contribution in [0.25, 0.3) is 0 Å². The Balaban J connectivity index is 2.40. The maximum Gasteiger partial charge on any atom is 0.267 e. The number of hydrogen-bond donors (Lipinski definition) is 0. The van der Waals surface area contributed by atoms with Crippen LogP contribution in [0.3, 0.4) is 0 Å². The summed E-state index contributed by atoms with van der Waals surface area (Å²) in [5.41, 5.74) is 0.807. The van der Waals surface area contributed by atoms with Crippen LogP contribution >= 0.6 is 11.6 Å². The molecule has 1 aromatic carbocycles. The molecule has 0 unspecified atom stereocenters. The summed E-state index contributed by atoms with van der Waals surface area (Å²) in [6.07, 6.45) is -0.428. The molecule has 0 fully saturated rings. The van der Waals surface area contributed by atoms with Crippen molar-refractivity contribution in [2.45, 2.75) is 13.0 Å². The number of anilines is 1. The van der Waals surface area contributed by atoms with E-state index in [0.717, 1.165) is 11.4 Å². The molecule has 0 spiro atoms. The highest BCUT2D eigenvalue weighted by Crippen LogP contribution is 2.33. The van der Waals surface area contributed by atoms with Crippen LogP contribution in [0.1, 0.15) is 6.92 Å². The van der Waals surface area contributed by atoms with E-state index in [1.54, 1.807) is 11.8 Å². The molecule has 1 amide bonds. The molecule has 15 heavy (non-hydrogen) atoms. The molecule has 0 aliphatic carbocycles. The van der Waals surface area contributed by atoms with E-state index in [0.29, 0.717) is 12.4 Å². The molecule has 1 aromatic rings. The molecule has 0 N–H and O–H groups in total. The van der Waals surface area contributed by atoms with Crippen molar-refractivity contribution in [2.75, 3.05) is 17.3 Å². The number of ether oxygens (including phenoxy) is 1. The van der Waals surface area contributed by atoms with Gasteiger partial charge in [-0.3, -0.25) is 4.79 Å². The van der Waals surface area contributed by atoms with E-state index in [9.17, 15) is 4.79 Å². The van der Waals surface area contributed by atoms with Crippen LogP contribution in [0.15, 0.2) is 24.3 Å². The fourth-order valence-electron chi connectivity index (χ4n) is 1.67. The maximum atomic E-state index is 11.8. The predicted octanol–water partition coefficient (Wildman–Crippen LogP) is 2.04. The quantitative estimate of drug-likeness (QED) is 0.721. The van der Waals surface area contributed by atoms with Crippen LogP contribution in [-0.4, -0.2) is 24.4 Å². The van der Waals surface area contributed by atoms with Gasteiger partial charge in [0, 0.05) is 12.4 Å². The standard InChI is InChI=1S/C11H12ClNO2/c1-8-11(14)13(7-6-12)9-4-2-3-5-10(9)15-8/h2-5,8H,6-7H2,1H3/t8-/m0/s1. The van der Waals surface area contributed by atoms with Crippen molar-refractivity contribution in [3.8, 4) is 5.75 Å². The summed E-state index contributed by atoms with van der Waals surface area (Å²) < 4.78 is 5.49. The smallest absolute Gasteiger partial charge is 0.267 e. The van der Waals surface area contributed by atoms with Crippen molar-refractivity contribution in [3.05, 3.63) is 24.3 Å². The average molecular weight is 226 g/mol. The number of hydrogen-bond acceptors (Lipinski definition) is 2. The number of amides is 1. The Labute approximate surface area is 93.6 Å². The van der Waals surface area contributed by atoms with E-state index in [1.165, 1.54) is 0 Å². The molecule has 1 atom stereocenters. The fourth-order valence-corrected chi connectivity index (χ4v) is 1.84. The number of fused-ring (bicyclic) bond motifs is 1. The van der Waals surface area contributed by atoms with Gasteiger partial charge in [-0.1, -0.05) is 12.1 Å². The fraction of sp³-hybridized carbons (Fsp3) is 0.364. The first-order chi connectivity index (χ1) is 7.24. The molecule has 0 saturated carbocycles. The van der Waals surface area contributed by atoms with E-state index >= 15 is 0 Å². The van der Waals surface area contributed by atoms with Crippen LogP contribution in [-0.2, 0) is 4.79 Å². The molecular weight excluding hydrogens is 214 g/mol. The third-order valence-electron chi connectivity index (χ3n) is 2.38. The first-order valence-corrected chi connectivity index (χ1v) is 5.40. The maximum absolute atomic E-state index is 11.8. The molecule has 80 valence electrons. The largest absolute Gasteiger partial charge is 0.479 e. The lowest BCUT2D eigenvalue weighted by molar-refractivity contribution is -0.125. The topological polar surface area (TPSA) is 29.5 Å². The van der Waals surface area contributed by atoms with Gasteiger partial charge in [-0.2, -0.15) is 0 Å². The number of benzene rings is 1. The van der Waals surface area contributed by atoms with Crippen molar-refractivity contribution in [1.82, 2.24) is 0 Å². The molecular formula is C11H12ClNO2. The minimum absolute atomic E-state index is 0.0330. The third-order valence-corrected chi connectivity index (χ3v) is 2.55. The molecule has 0 saturated heterocycles. The summed E-state index contributed by atoms with van der Waals surface area (Å²) in [6.45, 7) is 2.27. The molecule has 0 aromatic heterocycles. The number of carbonyl (C=O) groups excluding carboxylic acids is 1. The van der Waals surface area contributed by atoms with Crippen molar-refractivity contribution in [2.24, 2.45) is 0 Å². The van der Waals surface area contributed by atoms with Gasteiger partial charge in [0.2, 0.25) is 0 Å². The molecule has 4 heteroatoms. The second kappa shape index (κ2) is 4.11. The second-order valence-electron chi connectivity index (χ2n) is 3.41. The van der Waals surface area contributed by atoms with Gasteiger partial charge < -0.3 is 9.64 Å². The third kappa shape index (κ3) is 1.79. The van der Waals surface area contributed by atoms with Gasteiger partial charge in [0.05, 0.1) is 5.69 Å². The van der Waals surface area contributed by atoms with E-state index in [4.69, 9.17) is 16.3 Å². The number of rotatable bonds is 2. The van der Waals surface area contributed by atoms with Gasteiger partial charge in [-0.25, -0.2) is 0 Å². The molecule has 0 bridgehead atoms. The first-order valence-electron chi connectivity index (χ1n) is 4.87. The van der Waals surface area contributed by atoms with E-state index in [2.05, 4.69) is 0 Å². The van der Waals surface area contributed by atoms with Crippen LogP contribution in [0.4, 0.5) is 5.69 Å². The van der Waals surface area contributed by atoms with Crippen molar-refractivity contribution in [1.29, 1.82) is 0 Å². The minimum atomic E-state index is -0.428. The van der Waals surface area contributed by atoms with E-state index in [1.807, 2.05) is 24.3 Å². The van der Waals surface area contributed by atoms with Gasteiger partial charge in [0.25, 0.3) is 5.91 Å². The van der Waals surface area contributed by atoms with Gasteiger partial charge >= 0.3 is 0 Å². The number of carbonyl (C=O) groups is 1. The molecule has 2 rings (SSSR count). The number of alkyl halides is 1. The summed E-state index contributed by atoms with van der Waals surface area (Å²) >= 11 is 5.68. The summed E-state index contributed by atoms with van der Waals surface area (Å²) in [4.78, 5) is 13.5. The lowest BCUT2D eigenvalue weighted by Gasteiger charge is -2.32. The Morgan fingerprint density at radius 3 is 2.93 bits per heavy atom. The Bertz CT molecular complexity index is 381. The highest BCUT2D eigenvalue weighted by atomic mass is 35.5. The number of para-hydroxylation sites is 2. The lowest BCUT2D eigenvalue weighted by Crippen LogP contribution is -2.45. The van der Waals surface area contributed by atoms with Gasteiger partial charge in [-0.05, 0) is 19.1 Å². The monoisotopic (exact) mass is 225 g/mol. The summed E-state index contributed by atoms with van der Waals surface area (Å²) in [5.74, 6) is 1.14. The number of nitrogens with zero attached hydrogens (tertiary/aromatic N) is 1. The Hall–Kier alpha value is -1.22. The van der Waals surface area contributed by atoms with Crippen LogP contribution < -0.4 is 9.64 Å². The molecule has 3 nitrogen and oxygen atoms in total. The van der Waals surface area contributed by atoms with Gasteiger partial charge in [0.1, 0.15) is 5.75 Å². The van der Waals surface area contributed by atoms with Crippen LogP contribution in [0, 0.1) is 0 Å². The Kier molecular flexibility index (Phi) is 2.82. The second-order valence-corrected chi connectivity index (χ2v) is 3.78. The van der Waals surface area contributed by atoms with E-state index < -0.39 is 6.10 Å². The zero-order valence-electron chi connectivity index (χ0n) is 8.44. The predicted molar refractivity (Wildman–Crippen MR) is 59.6 cm³/mol. The highest BCUT2D eigenvalue weighted by molar-refractivity contribution is 6.18. The summed E-state index contributed by atoms with van der Waals surface area (Å²) in [5, 5.41) is 0. The Morgan fingerprint density at radius 1 is 1.47 bits per heavy atom. The van der Waals surface area contributed by atoms with Crippen molar-refractivity contribution in [3.63, 3.8) is 0 Å². The summed E-state index contributed by atoms with van der Waals surface area (Å²) in [6, 6.07) is 7.50. The average Bonchev–Trinajstić information content (AvgIpc) is 2.25.